The Labute approximate surface area is 121 Å². The second-order valence-corrected chi connectivity index (χ2v) is 6.50. The molecule has 0 radical (unpaired) electrons. The molecular weight excluding hydrogens is 297 g/mol. The molecule has 0 fully saturated rings. The van der Waals surface area contributed by atoms with Gasteiger partial charge in [0.1, 0.15) is 18.2 Å². The first kappa shape index (κ1) is 14.2. The molecule has 2 aromatic rings. The first-order valence-electron chi connectivity index (χ1n) is 6.41. The summed E-state index contributed by atoms with van der Waals surface area (Å²) in [7, 11) is -3.66. The first-order chi connectivity index (χ1) is 10.0. The Morgan fingerprint density at radius 3 is 2.90 bits per heavy atom. The number of rotatable bonds is 4. The Bertz CT molecular complexity index is 727. The van der Waals surface area contributed by atoms with Gasteiger partial charge >= 0.3 is 0 Å². The Hall–Kier alpha value is -1.77. The fourth-order valence-electron chi connectivity index (χ4n) is 2.13. The van der Waals surface area contributed by atoms with E-state index < -0.39 is 15.8 Å². The highest BCUT2D eigenvalue weighted by molar-refractivity contribution is 7.89. The molecule has 0 unspecified atom stereocenters. The second kappa shape index (κ2) is 5.55. The predicted molar refractivity (Wildman–Crippen MR) is 72.4 cm³/mol. The standard InChI is InChI=1S/C13H14FN3O3S/c14-10-1-3-12(4-2-10)21(18,19)16-7-11-8-17-6-5-15-13(17)9-20-11/h1-6,11,16H,7-9H2/t11-/m0/s1. The lowest BCUT2D eigenvalue weighted by atomic mass is 10.3. The molecule has 0 spiro atoms. The smallest absolute Gasteiger partial charge is 0.240 e. The molecule has 8 heteroatoms. The van der Waals surface area contributed by atoms with Crippen LogP contribution in [0.5, 0.6) is 0 Å². The van der Waals surface area contributed by atoms with Gasteiger partial charge in [-0.1, -0.05) is 0 Å². The van der Waals surface area contributed by atoms with Crippen molar-refractivity contribution < 1.29 is 17.5 Å². The van der Waals surface area contributed by atoms with E-state index in [1.807, 2.05) is 10.8 Å². The topological polar surface area (TPSA) is 73.2 Å². The van der Waals surface area contributed by atoms with Crippen LogP contribution in [0, 0.1) is 5.82 Å². The van der Waals surface area contributed by atoms with E-state index in [1.165, 1.54) is 12.1 Å². The van der Waals surface area contributed by atoms with Gasteiger partial charge in [-0.25, -0.2) is 22.5 Å². The van der Waals surface area contributed by atoms with E-state index >= 15 is 0 Å². The average Bonchev–Trinajstić information content (AvgIpc) is 2.93. The molecule has 21 heavy (non-hydrogen) atoms. The number of ether oxygens (including phenoxy) is 1. The molecule has 1 atom stereocenters. The van der Waals surface area contributed by atoms with E-state index in [4.69, 9.17) is 4.74 Å². The number of halogens is 1. The minimum atomic E-state index is -3.66. The van der Waals surface area contributed by atoms with E-state index in [0.717, 1.165) is 18.0 Å². The summed E-state index contributed by atoms with van der Waals surface area (Å²) in [5.41, 5.74) is 0. The monoisotopic (exact) mass is 311 g/mol. The molecule has 1 aliphatic heterocycles. The molecule has 3 rings (SSSR count). The minimum Gasteiger partial charge on any atom is -0.367 e. The van der Waals surface area contributed by atoms with Crippen LogP contribution >= 0.6 is 0 Å². The summed E-state index contributed by atoms with van der Waals surface area (Å²) in [6.07, 6.45) is 3.25. The maximum Gasteiger partial charge on any atom is 0.240 e. The molecule has 0 amide bonds. The lowest BCUT2D eigenvalue weighted by Gasteiger charge is -2.24. The average molecular weight is 311 g/mol. The second-order valence-electron chi connectivity index (χ2n) is 4.73. The van der Waals surface area contributed by atoms with Crippen LogP contribution in [0.15, 0.2) is 41.6 Å². The van der Waals surface area contributed by atoms with E-state index in [2.05, 4.69) is 9.71 Å². The van der Waals surface area contributed by atoms with Crippen molar-refractivity contribution in [1.82, 2.24) is 14.3 Å². The van der Waals surface area contributed by atoms with Crippen LogP contribution in [-0.4, -0.2) is 30.6 Å². The van der Waals surface area contributed by atoms with Gasteiger partial charge in [0.15, 0.2) is 0 Å². The maximum atomic E-state index is 12.8. The molecule has 6 nitrogen and oxygen atoms in total. The Kier molecular flexibility index (Phi) is 3.75. The van der Waals surface area contributed by atoms with Gasteiger partial charge in [-0.05, 0) is 24.3 Å². The van der Waals surface area contributed by atoms with Crippen molar-refractivity contribution in [2.24, 2.45) is 0 Å². The third kappa shape index (κ3) is 3.12. The number of aromatic nitrogens is 2. The summed E-state index contributed by atoms with van der Waals surface area (Å²) in [4.78, 5) is 4.15. The highest BCUT2D eigenvalue weighted by Crippen LogP contribution is 2.13. The van der Waals surface area contributed by atoms with Crippen LogP contribution in [0.2, 0.25) is 0 Å². The summed E-state index contributed by atoms with van der Waals surface area (Å²) in [5.74, 6) is 0.352. The van der Waals surface area contributed by atoms with Crippen LogP contribution in [0.4, 0.5) is 4.39 Å². The van der Waals surface area contributed by atoms with Gasteiger partial charge < -0.3 is 9.30 Å². The van der Waals surface area contributed by atoms with E-state index in [-0.39, 0.29) is 17.5 Å². The highest BCUT2D eigenvalue weighted by Gasteiger charge is 2.22. The van der Waals surface area contributed by atoms with Gasteiger partial charge in [0.25, 0.3) is 0 Å². The number of benzene rings is 1. The third-order valence-corrected chi connectivity index (χ3v) is 4.71. The number of sulfonamides is 1. The summed E-state index contributed by atoms with van der Waals surface area (Å²) >= 11 is 0. The van der Waals surface area contributed by atoms with Crippen LogP contribution in [0.3, 0.4) is 0 Å². The third-order valence-electron chi connectivity index (χ3n) is 3.28. The Morgan fingerprint density at radius 2 is 2.14 bits per heavy atom. The van der Waals surface area contributed by atoms with Crippen molar-refractivity contribution in [3.63, 3.8) is 0 Å². The van der Waals surface area contributed by atoms with E-state index in [9.17, 15) is 12.8 Å². The molecule has 1 aliphatic rings. The van der Waals surface area contributed by atoms with Crippen molar-refractivity contribution in [2.45, 2.75) is 24.2 Å². The summed E-state index contributed by atoms with van der Waals surface area (Å²) in [6, 6.07) is 4.69. The molecule has 1 aromatic heterocycles. The molecule has 0 saturated carbocycles. The SMILES string of the molecule is O=S(=O)(NC[C@H]1Cn2ccnc2CO1)c1ccc(F)cc1. The van der Waals surface area contributed by atoms with Gasteiger partial charge in [-0.3, -0.25) is 0 Å². The molecule has 2 heterocycles. The molecule has 0 saturated heterocycles. The maximum absolute atomic E-state index is 12.8. The lowest BCUT2D eigenvalue weighted by molar-refractivity contribution is 0.00586. The largest absolute Gasteiger partial charge is 0.367 e. The Balaban J connectivity index is 1.64. The number of imidazole rings is 1. The zero-order valence-corrected chi connectivity index (χ0v) is 11.9. The number of hydrogen-bond donors (Lipinski definition) is 1. The predicted octanol–water partition coefficient (Wildman–Crippen LogP) is 0.900. The molecular formula is C13H14FN3O3S. The van der Waals surface area contributed by atoms with Gasteiger partial charge in [0, 0.05) is 18.9 Å². The van der Waals surface area contributed by atoms with Crippen LogP contribution in [0.1, 0.15) is 5.82 Å². The molecule has 1 N–H and O–H groups in total. The van der Waals surface area contributed by atoms with Crippen LogP contribution in [-0.2, 0) is 27.9 Å². The minimum absolute atomic E-state index is 0.0306. The quantitative estimate of drug-likeness (QED) is 0.910. The van der Waals surface area contributed by atoms with Crippen molar-refractivity contribution in [1.29, 1.82) is 0 Å². The summed E-state index contributed by atoms with van der Waals surface area (Å²) in [6.45, 7) is 1.05. The van der Waals surface area contributed by atoms with Gasteiger partial charge in [0.2, 0.25) is 10.0 Å². The lowest BCUT2D eigenvalue weighted by Crippen LogP contribution is -2.38. The zero-order chi connectivity index (χ0) is 14.9. The first-order valence-corrected chi connectivity index (χ1v) is 7.90. The molecule has 0 aliphatic carbocycles. The number of hydrogen-bond acceptors (Lipinski definition) is 4. The fraction of sp³-hybridized carbons (Fsp3) is 0.308. The van der Waals surface area contributed by atoms with Crippen molar-refractivity contribution >= 4 is 10.0 Å². The van der Waals surface area contributed by atoms with Gasteiger partial charge in [0.05, 0.1) is 17.5 Å². The molecule has 1 aromatic carbocycles. The number of nitrogens with zero attached hydrogens (tertiary/aromatic N) is 2. The summed E-state index contributed by atoms with van der Waals surface area (Å²) in [5, 5.41) is 0. The molecule has 112 valence electrons. The number of nitrogens with one attached hydrogen (secondary N) is 1. The van der Waals surface area contributed by atoms with Crippen molar-refractivity contribution in [3.05, 3.63) is 48.3 Å². The fourth-order valence-corrected chi connectivity index (χ4v) is 3.20. The molecule has 0 bridgehead atoms. The van der Waals surface area contributed by atoms with E-state index in [1.54, 1.807) is 6.20 Å². The zero-order valence-electron chi connectivity index (χ0n) is 11.1. The van der Waals surface area contributed by atoms with Gasteiger partial charge in [-0.2, -0.15) is 0 Å². The van der Waals surface area contributed by atoms with Gasteiger partial charge in [-0.15, -0.1) is 0 Å². The van der Waals surface area contributed by atoms with Crippen molar-refractivity contribution in [2.75, 3.05) is 6.54 Å². The Morgan fingerprint density at radius 1 is 1.38 bits per heavy atom. The van der Waals surface area contributed by atoms with Crippen molar-refractivity contribution in [3.8, 4) is 0 Å². The van der Waals surface area contributed by atoms with Crippen LogP contribution in [0.25, 0.3) is 0 Å². The normalized spacial score (nSPS) is 18.4. The number of fused-ring (bicyclic) bond motifs is 1. The van der Waals surface area contributed by atoms with E-state index in [0.29, 0.717) is 13.2 Å². The van der Waals surface area contributed by atoms with Crippen LogP contribution < -0.4 is 4.72 Å². The highest BCUT2D eigenvalue weighted by atomic mass is 32.2. The summed E-state index contributed by atoms with van der Waals surface area (Å²) < 4.78 is 46.9.